The Hall–Kier alpha value is -1.84. The molecule has 0 radical (unpaired) electrons. The highest BCUT2D eigenvalue weighted by Crippen LogP contribution is 2.37. The fraction of sp³-hybridized carbons (Fsp3) is 0.350. The molecule has 0 saturated carbocycles. The molecule has 2 aromatic rings. The summed E-state index contributed by atoms with van der Waals surface area (Å²) in [5, 5.41) is 0.589. The van der Waals surface area contributed by atoms with E-state index in [9.17, 15) is 4.79 Å². The minimum atomic E-state index is -0.0535. The van der Waals surface area contributed by atoms with Gasteiger partial charge in [-0.2, -0.15) is 0 Å². The second-order valence-electron chi connectivity index (χ2n) is 6.56. The number of nitrogens with zero attached hydrogens (tertiary/aromatic N) is 1. The second kappa shape index (κ2) is 6.96. The summed E-state index contributed by atoms with van der Waals surface area (Å²) >= 11 is 6.28. The van der Waals surface area contributed by atoms with Gasteiger partial charge in [-0.25, -0.2) is 0 Å². The summed E-state index contributed by atoms with van der Waals surface area (Å²) in [7, 11) is 3.66. The zero-order valence-corrected chi connectivity index (χ0v) is 15.0. The summed E-state index contributed by atoms with van der Waals surface area (Å²) in [4.78, 5) is 15.2. The van der Waals surface area contributed by atoms with Crippen LogP contribution in [-0.2, 0) is 0 Å². The molecule has 0 N–H and O–H groups in total. The number of carbonyl (C=O) groups excluding carboxylic acids is 1. The number of methoxy groups -OCH3 is 1. The number of aryl methyl sites for hydroxylation is 1. The molecule has 126 valence electrons. The second-order valence-corrected chi connectivity index (χ2v) is 6.97. The van der Waals surface area contributed by atoms with Crippen LogP contribution in [0.1, 0.15) is 27.4 Å². The lowest BCUT2D eigenvalue weighted by atomic mass is 9.83. The quantitative estimate of drug-likeness (QED) is 0.780. The van der Waals surface area contributed by atoms with Crippen LogP contribution < -0.4 is 4.74 Å². The Balaban J connectivity index is 1.90. The summed E-state index contributed by atoms with van der Waals surface area (Å²) in [5.74, 6) is 0.957. The van der Waals surface area contributed by atoms with Gasteiger partial charge in [-0.15, -0.1) is 0 Å². The van der Waals surface area contributed by atoms with Crippen molar-refractivity contribution in [3.63, 3.8) is 0 Å². The third-order valence-corrected chi connectivity index (χ3v) is 5.07. The van der Waals surface area contributed by atoms with Gasteiger partial charge in [-0.05, 0) is 31.7 Å². The van der Waals surface area contributed by atoms with Gasteiger partial charge >= 0.3 is 0 Å². The first-order valence-electron chi connectivity index (χ1n) is 8.12. The molecule has 3 nitrogen and oxygen atoms in total. The number of carbonyl (C=O) groups is 1. The Bertz CT molecular complexity index is 742. The van der Waals surface area contributed by atoms with Gasteiger partial charge in [-0.1, -0.05) is 47.5 Å². The molecule has 1 fully saturated rings. The lowest BCUT2D eigenvalue weighted by molar-refractivity contribution is 0.0915. The predicted molar refractivity (Wildman–Crippen MR) is 97.2 cm³/mol. The van der Waals surface area contributed by atoms with Crippen LogP contribution in [-0.4, -0.2) is 37.9 Å². The van der Waals surface area contributed by atoms with Crippen LogP contribution in [0, 0.1) is 12.8 Å². The van der Waals surface area contributed by atoms with Gasteiger partial charge in [0, 0.05) is 30.5 Å². The lowest BCUT2D eigenvalue weighted by Gasteiger charge is -2.19. The van der Waals surface area contributed by atoms with E-state index in [-0.39, 0.29) is 17.6 Å². The van der Waals surface area contributed by atoms with Crippen molar-refractivity contribution in [3.05, 3.63) is 64.2 Å². The number of likely N-dealkylation sites (N-methyl/N-ethyl adjacent to an activating group) is 1. The number of hydrogen-bond acceptors (Lipinski definition) is 3. The molecule has 2 aromatic carbocycles. The number of benzene rings is 2. The molecule has 1 aliphatic rings. The van der Waals surface area contributed by atoms with Crippen LogP contribution in [0.3, 0.4) is 0 Å². The molecule has 0 amide bonds. The van der Waals surface area contributed by atoms with Crippen molar-refractivity contribution in [2.45, 2.75) is 12.8 Å². The van der Waals surface area contributed by atoms with E-state index in [4.69, 9.17) is 16.3 Å². The molecule has 0 unspecified atom stereocenters. The Morgan fingerprint density at radius 3 is 2.50 bits per heavy atom. The summed E-state index contributed by atoms with van der Waals surface area (Å²) in [6.45, 7) is 3.64. The molecule has 1 heterocycles. The maximum atomic E-state index is 13.0. The maximum absolute atomic E-state index is 13.0. The number of hydrogen-bond donors (Lipinski definition) is 0. The van der Waals surface area contributed by atoms with Crippen LogP contribution >= 0.6 is 11.6 Å². The fourth-order valence-corrected chi connectivity index (χ4v) is 3.72. The minimum Gasteiger partial charge on any atom is -0.495 e. The zero-order valence-electron chi connectivity index (χ0n) is 14.3. The van der Waals surface area contributed by atoms with Crippen molar-refractivity contribution in [1.29, 1.82) is 0 Å². The summed E-state index contributed by atoms with van der Waals surface area (Å²) in [6.07, 6.45) is 0. The zero-order chi connectivity index (χ0) is 17.3. The highest BCUT2D eigenvalue weighted by molar-refractivity contribution is 6.32. The van der Waals surface area contributed by atoms with Crippen molar-refractivity contribution in [2.24, 2.45) is 5.92 Å². The standard InChI is InChI=1S/C20H22ClNO2/c1-13-4-6-14(7-5-13)20(23)17-12-22(2)11-16(17)15-8-9-19(24-3)18(21)10-15/h4-10,16-17H,11-12H2,1-3H3/t16-,17+/m0/s1. The molecular weight excluding hydrogens is 322 g/mol. The van der Waals surface area contributed by atoms with E-state index in [1.807, 2.05) is 49.4 Å². The van der Waals surface area contributed by atoms with E-state index in [1.165, 1.54) is 0 Å². The van der Waals surface area contributed by atoms with Crippen LogP contribution in [0.2, 0.25) is 5.02 Å². The molecule has 24 heavy (non-hydrogen) atoms. The Kier molecular flexibility index (Phi) is 4.93. The summed E-state index contributed by atoms with van der Waals surface area (Å²) in [5.41, 5.74) is 3.04. The lowest BCUT2D eigenvalue weighted by Crippen LogP contribution is -2.22. The Morgan fingerprint density at radius 2 is 1.88 bits per heavy atom. The number of Topliss-reactive ketones (excluding diaryl/α,β-unsaturated/α-hetero) is 1. The van der Waals surface area contributed by atoms with Crippen molar-refractivity contribution in [1.82, 2.24) is 4.90 Å². The molecule has 1 aliphatic heterocycles. The van der Waals surface area contributed by atoms with E-state index >= 15 is 0 Å². The van der Waals surface area contributed by atoms with E-state index < -0.39 is 0 Å². The average molecular weight is 344 g/mol. The first-order chi connectivity index (χ1) is 11.5. The minimum absolute atomic E-state index is 0.0535. The molecule has 3 rings (SSSR count). The highest BCUT2D eigenvalue weighted by atomic mass is 35.5. The molecule has 4 heteroatoms. The predicted octanol–water partition coefficient (Wildman–Crippen LogP) is 4.19. The fourth-order valence-electron chi connectivity index (χ4n) is 3.45. The first-order valence-corrected chi connectivity index (χ1v) is 8.50. The Labute approximate surface area is 148 Å². The van der Waals surface area contributed by atoms with Crippen molar-refractivity contribution in [2.75, 3.05) is 27.2 Å². The monoisotopic (exact) mass is 343 g/mol. The first kappa shape index (κ1) is 17.0. The maximum Gasteiger partial charge on any atom is 0.167 e. The third-order valence-electron chi connectivity index (χ3n) is 4.78. The molecule has 0 aromatic heterocycles. The van der Waals surface area contributed by atoms with Gasteiger partial charge in [0.1, 0.15) is 5.75 Å². The van der Waals surface area contributed by atoms with E-state index in [1.54, 1.807) is 7.11 Å². The average Bonchev–Trinajstić information content (AvgIpc) is 2.96. The molecule has 0 aliphatic carbocycles. The number of rotatable bonds is 4. The van der Waals surface area contributed by atoms with E-state index in [0.717, 1.165) is 29.8 Å². The largest absolute Gasteiger partial charge is 0.495 e. The Morgan fingerprint density at radius 1 is 1.17 bits per heavy atom. The molecule has 1 saturated heterocycles. The number of halogens is 1. The van der Waals surface area contributed by atoms with Crippen LogP contribution in [0.4, 0.5) is 0 Å². The van der Waals surface area contributed by atoms with Crippen molar-refractivity contribution >= 4 is 17.4 Å². The van der Waals surface area contributed by atoms with Crippen molar-refractivity contribution in [3.8, 4) is 5.75 Å². The highest BCUT2D eigenvalue weighted by Gasteiger charge is 2.37. The van der Waals surface area contributed by atoms with E-state index in [0.29, 0.717) is 10.8 Å². The van der Waals surface area contributed by atoms with Gasteiger partial charge in [0.15, 0.2) is 5.78 Å². The molecule has 0 spiro atoms. The summed E-state index contributed by atoms with van der Waals surface area (Å²) in [6, 6.07) is 13.7. The van der Waals surface area contributed by atoms with Crippen LogP contribution in [0.15, 0.2) is 42.5 Å². The SMILES string of the molecule is COc1ccc([C@@H]2CN(C)C[C@H]2C(=O)c2ccc(C)cc2)cc1Cl. The van der Waals surface area contributed by atoms with Gasteiger partial charge in [0.25, 0.3) is 0 Å². The van der Waals surface area contributed by atoms with Gasteiger partial charge in [0.2, 0.25) is 0 Å². The number of ketones is 1. The third kappa shape index (κ3) is 3.33. The molecular formula is C20H22ClNO2. The van der Waals surface area contributed by atoms with Gasteiger partial charge < -0.3 is 9.64 Å². The number of likely N-dealkylation sites (tertiary alicyclic amines) is 1. The normalized spacial score (nSPS) is 21.0. The van der Waals surface area contributed by atoms with Gasteiger partial charge in [0.05, 0.1) is 12.1 Å². The molecule has 2 atom stereocenters. The van der Waals surface area contributed by atoms with Crippen molar-refractivity contribution < 1.29 is 9.53 Å². The smallest absolute Gasteiger partial charge is 0.167 e. The summed E-state index contributed by atoms with van der Waals surface area (Å²) < 4.78 is 5.23. The van der Waals surface area contributed by atoms with E-state index in [2.05, 4.69) is 11.9 Å². The molecule has 0 bridgehead atoms. The van der Waals surface area contributed by atoms with Crippen LogP contribution in [0.5, 0.6) is 5.75 Å². The number of ether oxygens (including phenoxy) is 1. The topological polar surface area (TPSA) is 29.5 Å². The van der Waals surface area contributed by atoms with Gasteiger partial charge in [-0.3, -0.25) is 4.79 Å². The van der Waals surface area contributed by atoms with Crippen LogP contribution in [0.25, 0.3) is 0 Å².